The summed E-state index contributed by atoms with van der Waals surface area (Å²) in [6, 6.07) is 8.76. The van der Waals surface area contributed by atoms with Crippen molar-refractivity contribution in [3.63, 3.8) is 0 Å². The van der Waals surface area contributed by atoms with E-state index < -0.39 is 9.85 Å². The number of fused-ring (bicyclic) bond motifs is 2. The predicted molar refractivity (Wildman–Crippen MR) is 69.1 cm³/mol. The molecule has 0 saturated carbocycles. The fraction of sp³-hybridized carbons (Fsp3) is 0.0769. The molecule has 0 unspecified atom stereocenters. The molecular formula is C13H8N2O5. The van der Waals surface area contributed by atoms with Crippen molar-refractivity contribution in [1.29, 1.82) is 0 Å². The van der Waals surface area contributed by atoms with Crippen LogP contribution in [-0.4, -0.2) is 9.85 Å². The maximum Gasteiger partial charge on any atom is 0.273 e. The lowest BCUT2D eigenvalue weighted by molar-refractivity contribution is -0.384. The maximum absolute atomic E-state index is 10.7. The third kappa shape index (κ3) is 1.95. The molecule has 0 fully saturated rings. The molecule has 7 heteroatoms. The third-order valence-corrected chi connectivity index (χ3v) is 3.12. The van der Waals surface area contributed by atoms with Crippen molar-refractivity contribution in [2.24, 2.45) is 0 Å². The van der Waals surface area contributed by atoms with Gasteiger partial charge >= 0.3 is 0 Å². The number of benzene rings is 2. The zero-order valence-corrected chi connectivity index (χ0v) is 10.1. The van der Waals surface area contributed by atoms with Crippen molar-refractivity contribution in [3.05, 3.63) is 67.8 Å². The molecule has 0 aliphatic carbocycles. The summed E-state index contributed by atoms with van der Waals surface area (Å²) in [4.78, 5) is 20.5. The number of nitrogens with zero attached hydrogens (tertiary/aromatic N) is 2. The van der Waals surface area contributed by atoms with Gasteiger partial charge in [0.15, 0.2) is 0 Å². The molecule has 100 valence electrons. The maximum atomic E-state index is 10.7. The summed E-state index contributed by atoms with van der Waals surface area (Å²) in [7, 11) is 0. The van der Waals surface area contributed by atoms with Crippen LogP contribution in [0.5, 0.6) is 11.5 Å². The SMILES string of the molecule is O=[N+]([O-])c1ccc2c(c1)Oc1cc([N+](=O)[O-])ccc1C2. The summed E-state index contributed by atoms with van der Waals surface area (Å²) in [6.45, 7) is 0. The van der Waals surface area contributed by atoms with E-state index in [0.717, 1.165) is 11.1 Å². The molecule has 0 radical (unpaired) electrons. The van der Waals surface area contributed by atoms with Crippen molar-refractivity contribution in [1.82, 2.24) is 0 Å². The van der Waals surface area contributed by atoms with Crippen LogP contribution in [0.15, 0.2) is 36.4 Å². The Balaban J connectivity index is 2.03. The molecule has 1 heterocycles. The van der Waals surface area contributed by atoms with Crippen LogP contribution in [0, 0.1) is 20.2 Å². The van der Waals surface area contributed by atoms with E-state index in [1.165, 1.54) is 24.3 Å². The quantitative estimate of drug-likeness (QED) is 0.527. The van der Waals surface area contributed by atoms with Gasteiger partial charge in [-0.2, -0.15) is 0 Å². The number of ether oxygens (including phenoxy) is 1. The summed E-state index contributed by atoms with van der Waals surface area (Å²) < 4.78 is 5.55. The van der Waals surface area contributed by atoms with E-state index in [-0.39, 0.29) is 11.4 Å². The number of hydrogen-bond donors (Lipinski definition) is 0. The molecule has 1 aliphatic rings. The molecule has 0 saturated heterocycles. The first-order valence-electron chi connectivity index (χ1n) is 5.77. The average molecular weight is 272 g/mol. The molecule has 7 nitrogen and oxygen atoms in total. The highest BCUT2D eigenvalue weighted by atomic mass is 16.6. The van der Waals surface area contributed by atoms with Gasteiger partial charge in [-0.25, -0.2) is 0 Å². The number of non-ortho nitro benzene ring substituents is 2. The van der Waals surface area contributed by atoms with Gasteiger partial charge in [0.25, 0.3) is 11.4 Å². The van der Waals surface area contributed by atoms with Gasteiger partial charge in [-0.15, -0.1) is 0 Å². The molecule has 0 spiro atoms. The summed E-state index contributed by atoms with van der Waals surface area (Å²) in [6.07, 6.45) is 0.528. The molecule has 0 bridgehead atoms. The van der Waals surface area contributed by atoms with Gasteiger partial charge in [0.05, 0.1) is 22.0 Å². The summed E-state index contributed by atoms with van der Waals surface area (Å²) >= 11 is 0. The molecular weight excluding hydrogens is 264 g/mol. The Morgan fingerprint density at radius 2 is 1.30 bits per heavy atom. The first-order chi connectivity index (χ1) is 9.54. The van der Waals surface area contributed by atoms with E-state index in [1.807, 2.05) is 0 Å². The molecule has 0 atom stereocenters. The van der Waals surface area contributed by atoms with Gasteiger partial charge in [-0.3, -0.25) is 20.2 Å². The van der Waals surface area contributed by atoms with Gasteiger partial charge in [0.1, 0.15) is 11.5 Å². The van der Waals surface area contributed by atoms with Gasteiger partial charge in [-0.05, 0) is 23.3 Å². The summed E-state index contributed by atoms with van der Waals surface area (Å²) in [5.41, 5.74) is 1.49. The van der Waals surface area contributed by atoms with Crippen molar-refractivity contribution in [2.75, 3.05) is 0 Å². The van der Waals surface area contributed by atoms with Gasteiger partial charge in [-0.1, -0.05) is 0 Å². The fourth-order valence-corrected chi connectivity index (χ4v) is 2.12. The van der Waals surface area contributed by atoms with E-state index >= 15 is 0 Å². The van der Waals surface area contributed by atoms with E-state index in [9.17, 15) is 20.2 Å². The fourth-order valence-electron chi connectivity index (χ4n) is 2.12. The van der Waals surface area contributed by atoms with Crippen molar-refractivity contribution in [3.8, 4) is 11.5 Å². The van der Waals surface area contributed by atoms with Gasteiger partial charge in [0.2, 0.25) is 0 Å². The molecule has 2 aromatic rings. The normalized spacial score (nSPS) is 12.0. The number of nitro benzene ring substituents is 2. The van der Waals surface area contributed by atoms with Crippen LogP contribution in [-0.2, 0) is 6.42 Å². The Morgan fingerprint density at radius 1 is 0.850 bits per heavy atom. The largest absolute Gasteiger partial charge is 0.456 e. The van der Waals surface area contributed by atoms with Gasteiger partial charge in [0, 0.05) is 18.6 Å². The second-order valence-electron chi connectivity index (χ2n) is 4.38. The van der Waals surface area contributed by atoms with Crippen LogP contribution in [0.3, 0.4) is 0 Å². The lowest BCUT2D eigenvalue weighted by Gasteiger charge is -2.19. The molecule has 3 rings (SSSR count). The van der Waals surface area contributed by atoms with E-state index in [2.05, 4.69) is 0 Å². The Hall–Kier alpha value is -2.96. The second-order valence-corrected chi connectivity index (χ2v) is 4.38. The van der Waals surface area contributed by atoms with E-state index in [4.69, 9.17) is 4.74 Å². The molecule has 0 N–H and O–H groups in total. The molecule has 20 heavy (non-hydrogen) atoms. The minimum atomic E-state index is -0.507. The van der Waals surface area contributed by atoms with Crippen LogP contribution in [0.1, 0.15) is 11.1 Å². The smallest absolute Gasteiger partial charge is 0.273 e. The zero-order valence-electron chi connectivity index (χ0n) is 10.1. The highest BCUT2D eigenvalue weighted by Gasteiger charge is 2.21. The zero-order chi connectivity index (χ0) is 14.3. The number of nitro groups is 2. The van der Waals surface area contributed by atoms with Crippen LogP contribution in [0.2, 0.25) is 0 Å². The van der Waals surface area contributed by atoms with Crippen LogP contribution in [0.4, 0.5) is 11.4 Å². The Labute approximate surface area is 112 Å². The third-order valence-electron chi connectivity index (χ3n) is 3.12. The summed E-state index contributed by atoms with van der Waals surface area (Å²) in [5, 5.41) is 21.5. The van der Waals surface area contributed by atoms with Crippen molar-refractivity contribution < 1.29 is 14.6 Å². The first kappa shape index (κ1) is 12.1. The van der Waals surface area contributed by atoms with Crippen molar-refractivity contribution in [2.45, 2.75) is 6.42 Å². The number of hydrogen-bond acceptors (Lipinski definition) is 5. The molecule has 0 aromatic heterocycles. The minimum Gasteiger partial charge on any atom is -0.456 e. The van der Waals surface area contributed by atoms with Crippen LogP contribution in [0.25, 0.3) is 0 Å². The average Bonchev–Trinajstić information content (AvgIpc) is 2.43. The first-order valence-corrected chi connectivity index (χ1v) is 5.77. The lowest BCUT2D eigenvalue weighted by Crippen LogP contribution is -2.04. The number of rotatable bonds is 2. The van der Waals surface area contributed by atoms with Gasteiger partial charge < -0.3 is 4.74 Å². The highest BCUT2D eigenvalue weighted by Crippen LogP contribution is 2.39. The molecule has 0 amide bonds. The van der Waals surface area contributed by atoms with Crippen LogP contribution >= 0.6 is 0 Å². The van der Waals surface area contributed by atoms with E-state index in [0.29, 0.717) is 17.9 Å². The van der Waals surface area contributed by atoms with Crippen LogP contribution < -0.4 is 4.74 Å². The lowest BCUT2D eigenvalue weighted by atomic mass is 10.00. The van der Waals surface area contributed by atoms with E-state index in [1.54, 1.807) is 12.1 Å². The Kier molecular flexibility index (Phi) is 2.60. The monoisotopic (exact) mass is 272 g/mol. The standard InChI is InChI=1S/C13H8N2O5/c16-14(17)10-3-1-8-5-9-2-4-11(15(18)19)7-13(9)20-12(8)6-10/h1-4,6-7H,5H2. The Bertz CT molecular complexity index is 680. The molecule has 2 aromatic carbocycles. The molecule has 1 aliphatic heterocycles. The minimum absolute atomic E-state index is 0.0716. The second kappa shape index (κ2) is 4.30. The topological polar surface area (TPSA) is 95.5 Å². The summed E-state index contributed by atoms with van der Waals surface area (Å²) in [5.74, 6) is 0.736. The predicted octanol–water partition coefficient (Wildman–Crippen LogP) is 3.20. The highest BCUT2D eigenvalue weighted by molar-refractivity contribution is 5.56. The Morgan fingerprint density at radius 3 is 1.70 bits per heavy atom. The van der Waals surface area contributed by atoms with Crippen molar-refractivity contribution >= 4 is 11.4 Å².